The number of halogens is 3. The zero-order chi connectivity index (χ0) is 14.0. The van der Waals surface area contributed by atoms with Gasteiger partial charge in [0.25, 0.3) is 5.56 Å². The topological polar surface area (TPSA) is 45.8 Å². The van der Waals surface area contributed by atoms with Crippen molar-refractivity contribution in [1.29, 1.82) is 0 Å². The minimum Gasteiger partial charge on any atom is -0.309 e. The Balaban J connectivity index is 2.38. The molecule has 1 aromatic heterocycles. The minimum atomic E-state index is -0.640. The molecule has 0 aliphatic rings. The zero-order valence-electron chi connectivity index (χ0n) is 10.1. The number of hydrogen-bond donors (Lipinski definition) is 1. The lowest BCUT2D eigenvalue weighted by Gasteiger charge is -2.05. The molecular formula is C13H11F2IN2O. The molecule has 0 saturated carbocycles. The fourth-order valence-corrected chi connectivity index (χ4v) is 2.42. The van der Waals surface area contributed by atoms with E-state index in [-0.39, 0.29) is 12.0 Å². The lowest BCUT2D eigenvalue weighted by atomic mass is 10.1. The first-order valence-corrected chi connectivity index (χ1v) is 6.80. The first-order valence-electron chi connectivity index (χ1n) is 5.72. The Morgan fingerprint density at radius 1 is 1.26 bits per heavy atom. The van der Waals surface area contributed by atoms with Gasteiger partial charge in [-0.1, -0.05) is 6.92 Å². The van der Waals surface area contributed by atoms with Crippen molar-refractivity contribution in [3.63, 3.8) is 0 Å². The third kappa shape index (κ3) is 3.37. The van der Waals surface area contributed by atoms with E-state index in [2.05, 4.69) is 9.97 Å². The highest BCUT2D eigenvalue weighted by atomic mass is 127. The lowest BCUT2D eigenvalue weighted by molar-refractivity contribution is 0.580. The van der Waals surface area contributed by atoms with Gasteiger partial charge in [0.15, 0.2) is 0 Å². The molecule has 0 saturated heterocycles. The highest BCUT2D eigenvalue weighted by Crippen LogP contribution is 2.12. The second kappa shape index (κ2) is 5.77. The number of benzene rings is 1. The molecule has 2 aromatic rings. The molecule has 0 radical (unpaired) electrons. The Morgan fingerprint density at radius 2 is 1.89 bits per heavy atom. The van der Waals surface area contributed by atoms with Crippen molar-refractivity contribution in [2.24, 2.45) is 0 Å². The second-order valence-corrected chi connectivity index (χ2v) is 5.16. The highest BCUT2D eigenvalue weighted by Gasteiger charge is 2.09. The van der Waals surface area contributed by atoms with Crippen LogP contribution in [-0.2, 0) is 12.8 Å². The van der Waals surface area contributed by atoms with E-state index in [9.17, 15) is 13.6 Å². The molecule has 0 fully saturated rings. The Labute approximate surface area is 122 Å². The van der Waals surface area contributed by atoms with E-state index in [4.69, 9.17) is 0 Å². The summed E-state index contributed by atoms with van der Waals surface area (Å²) >= 11 is 1.94. The van der Waals surface area contributed by atoms with E-state index >= 15 is 0 Å². The van der Waals surface area contributed by atoms with E-state index < -0.39 is 11.6 Å². The summed E-state index contributed by atoms with van der Waals surface area (Å²) in [5, 5.41) is 0. The fraction of sp³-hybridized carbons (Fsp3) is 0.231. The van der Waals surface area contributed by atoms with Crippen LogP contribution in [0, 0.1) is 15.2 Å². The van der Waals surface area contributed by atoms with Crippen molar-refractivity contribution in [1.82, 2.24) is 9.97 Å². The summed E-state index contributed by atoms with van der Waals surface area (Å²) in [4.78, 5) is 18.6. The number of aromatic amines is 1. The first-order chi connectivity index (χ1) is 8.99. The summed E-state index contributed by atoms with van der Waals surface area (Å²) in [5.74, 6) is -0.871. The van der Waals surface area contributed by atoms with E-state index in [0.717, 1.165) is 6.07 Å². The van der Waals surface area contributed by atoms with Crippen LogP contribution in [0.15, 0.2) is 23.0 Å². The van der Waals surface area contributed by atoms with Gasteiger partial charge in [-0.2, -0.15) is 0 Å². The Bertz CT molecular complexity index is 650. The quantitative estimate of drug-likeness (QED) is 0.838. The third-order valence-electron chi connectivity index (χ3n) is 2.61. The summed E-state index contributed by atoms with van der Waals surface area (Å²) in [5.41, 5.74) is 0.902. The van der Waals surface area contributed by atoms with Gasteiger partial charge in [-0.15, -0.1) is 0 Å². The number of hydrogen-bond acceptors (Lipinski definition) is 2. The molecule has 0 amide bonds. The normalized spacial score (nSPS) is 10.7. The molecule has 0 bridgehead atoms. The molecule has 1 N–H and O–H groups in total. The molecule has 0 aliphatic heterocycles. The van der Waals surface area contributed by atoms with Gasteiger partial charge >= 0.3 is 0 Å². The van der Waals surface area contributed by atoms with Crippen LogP contribution in [0.1, 0.15) is 24.0 Å². The maximum Gasteiger partial charge on any atom is 0.264 e. The SMILES string of the molecule is CCc1nc(Cc2cc(F)cc(F)c2)[nH]c(=O)c1I. The predicted octanol–water partition coefficient (Wildman–Crippen LogP) is 2.81. The zero-order valence-corrected chi connectivity index (χ0v) is 12.3. The predicted molar refractivity (Wildman–Crippen MR) is 76.1 cm³/mol. The molecule has 0 spiro atoms. The maximum atomic E-state index is 13.1. The maximum absolute atomic E-state index is 13.1. The van der Waals surface area contributed by atoms with Crippen molar-refractivity contribution in [3.05, 3.63) is 60.8 Å². The molecule has 2 rings (SSSR count). The molecule has 0 atom stereocenters. The summed E-state index contributed by atoms with van der Waals surface area (Å²) in [6.45, 7) is 1.90. The van der Waals surface area contributed by atoms with Gasteiger partial charge in [-0.3, -0.25) is 4.79 Å². The van der Waals surface area contributed by atoms with Crippen LogP contribution in [0.3, 0.4) is 0 Å². The number of nitrogens with one attached hydrogen (secondary N) is 1. The molecule has 1 aromatic carbocycles. The van der Waals surface area contributed by atoms with E-state index in [1.54, 1.807) is 0 Å². The average Bonchev–Trinajstić information content (AvgIpc) is 2.32. The molecular weight excluding hydrogens is 365 g/mol. The molecule has 6 heteroatoms. The molecule has 1 heterocycles. The highest BCUT2D eigenvalue weighted by molar-refractivity contribution is 14.1. The minimum absolute atomic E-state index is 0.188. The van der Waals surface area contributed by atoms with Gasteiger partial charge in [0.2, 0.25) is 0 Å². The lowest BCUT2D eigenvalue weighted by Crippen LogP contribution is -2.18. The van der Waals surface area contributed by atoms with E-state index in [1.807, 2.05) is 29.5 Å². The monoisotopic (exact) mass is 376 g/mol. The summed E-state index contributed by atoms with van der Waals surface area (Å²) in [6, 6.07) is 3.27. The molecule has 0 aliphatic carbocycles. The largest absolute Gasteiger partial charge is 0.309 e. The van der Waals surface area contributed by atoms with Gasteiger partial charge in [0.1, 0.15) is 17.5 Å². The van der Waals surface area contributed by atoms with Crippen molar-refractivity contribution in [2.75, 3.05) is 0 Å². The first kappa shape index (κ1) is 14.1. The van der Waals surface area contributed by atoms with Crippen LogP contribution < -0.4 is 5.56 Å². The molecule has 19 heavy (non-hydrogen) atoms. The van der Waals surface area contributed by atoms with Crippen molar-refractivity contribution >= 4 is 22.6 Å². The molecule has 3 nitrogen and oxygen atoms in total. The van der Waals surface area contributed by atoms with Crippen LogP contribution in [-0.4, -0.2) is 9.97 Å². The Kier molecular flexibility index (Phi) is 4.28. The number of aromatic nitrogens is 2. The average molecular weight is 376 g/mol. The van der Waals surface area contributed by atoms with E-state index in [0.29, 0.717) is 27.1 Å². The number of H-pyrrole nitrogens is 1. The van der Waals surface area contributed by atoms with Gasteiger partial charge in [-0.05, 0) is 46.7 Å². The second-order valence-electron chi connectivity index (χ2n) is 4.08. The Hall–Kier alpha value is -1.31. The van der Waals surface area contributed by atoms with Gasteiger partial charge in [0, 0.05) is 12.5 Å². The van der Waals surface area contributed by atoms with Gasteiger partial charge < -0.3 is 4.98 Å². The van der Waals surface area contributed by atoms with Gasteiger partial charge in [-0.25, -0.2) is 13.8 Å². The summed E-state index contributed by atoms with van der Waals surface area (Å²) in [6.07, 6.45) is 0.820. The third-order valence-corrected chi connectivity index (χ3v) is 3.72. The van der Waals surface area contributed by atoms with Crippen LogP contribution in [0.25, 0.3) is 0 Å². The van der Waals surface area contributed by atoms with Crippen LogP contribution in [0.5, 0.6) is 0 Å². The number of nitrogens with zero attached hydrogens (tertiary/aromatic N) is 1. The standard InChI is InChI=1S/C13H11F2IN2O/c1-2-10-12(16)13(19)18-11(17-10)5-7-3-8(14)6-9(15)4-7/h3-4,6H,2,5H2,1H3,(H,17,18,19). The summed E-state index contributed by atoms with van der Waals surface area (Å²) < 4.78 is 26.7. The smallest absolute Gasteiger partial charge is 0.264 e. The van der Waals surface area contributed by atoms with Crippen LogP contribution in [0.2, 0.25) is 0 Å². The Morgan fingerprint density at radius 3 is 2.47 bits per heavy atom. The van der Waals surface area contributed by atoms with Gasteiger partial charge in [0.05, 0.1) is 9.26 Å². The molecule has 100 valence electrons. The number of rotatable bonds is 3. The fourth-order valence-electron chi connectivity index (χ4n) is 1.78. The van der Waals surface area contributed by atoms with E-state index in [1.165, 1.54) is 12.1 Å². The summed E-state index contributed by atoms with van der Waals surface area (Å²) in [7, 11) is 0. The van der Waals surface area contributed by atoms with Crippen molar-refractivity contribution in [2.45, 2.75) is 19.8 Å². The molecule has 0 unspecified atom stereocenters. The van der Waals surface area contributed by atoms with Crippen LogP contribution in [0.4, 0.5) is 8.78 Å². The van der Waals surface area contributed by atoms with Crippen LogP contribution >= 0.6 is 22.6 Å². The van der Waals surface area contributed by atoms with Crippen molar-refractivity contribution < 1.29 is 8.78 Å². The number of aryl methyl sites for hydroxylation is 1. The van der Waals surface area contributed by atoms with Crippen molar-refractivity contribution in [3.8, 4) is 0 Å².